The summed E-state index contributed by atoms with van der Waals surface area (Å²) in [6.07, 6.45) is 6.20. The van der Waals surface area contributed by atoms with Gasteiger partial charge in [0.1, 0.15) is 0 Å². The van der Waals surface area contributed by atoms with Crippen LogP contribution in [0.5, 0.6) is 0 Å². The molecule has 8 heteroatoms. The maximum atomic E-state index is 12.3. The molecule has 1 amide bonds. The molecule has 0 unspecified atom stereocenters. The summed E-state index contributed by atoms with van der Waals surface area (Å²) in [5.74, 6) is -0.826. The zero-order chi connectivity index (χ0) is 32.5. The van der Waals surface area contributed by atoms with Crippen LogP contribution < -0.4 is 5.32 Å². The maximum Gasteiger partial charge on any atom is 0.303 e. The van der Waals surface area contributed by atoms with Gasteiger partial charge in [0.25, 0.3) is 5.91 Å². The summed E-state index contributed by atoms with van der Waals surface area (Å²) in [5.41, 5.74) is 5.90. The summed E-state index contributed by atoms with van der Waals surface area (Å²) in [6.45, 7) is 8.86. The zero-order valence-electron chi connectivity index (χ0n) is 26.9. The highest BCUT2D eigenvalue weighted by Crippen LogP contribution is 2.39. The summed E-state index contributed by atoms with van der Waals surface area (Å²) in [7, 11) is 0. The number of hydrogen-bond acceptors (Lipinski definition) is 7. The van der Waals surface area contributed by atoms with Gasteiger partial charge in [-0.15, -0.1) is 6.58 Å². The molecule has 1 saturated carbocycles. The molecule has 46 heavy (non-hydrogen) atoms. The number of carbonyl (C=O) groups is 2. The van der Waals surface area contributed by atoms with E-state index < -0.39 is 18.4 Å². The number of nitrogens with one attached hydrogen (secondary N) is 1. The van der Waals surface area contributed by atoms with Crippen LogP contribution in [0.4, 0.5) is 0 Å². The first-order chi connectivity index (χ1) is 22.3. The molecule has 2 fully saturated rings. The van der Waals surface area contributed by atoms with Gasteiger partial charge in [-0.1, -0.05) is 85.6 Å². The summed E-state index contributed by atoms with van der Waals surface area (Å²) < 4.78 is 18.2. The number of carbonyl (C=O) groups excluding carboxylic acids is 2. The first-order valence-corrected chi connectivity index (χ1v) is 16.3. The Morgan fingerprint density at radius 1 is 1.00 bits per heavy atom. The van der Waals surface area contributed by atoms with E-state index in [0.717, 1.165) is 52.9 Å². The van der Waals surface area contributed by atoms with E-state index in [1.54, 1.807) is 6.92 Å². The Morgan fingerprint density at radius 2 is 1.72 bits per heavy atom. The van der Waals surface area contributed by atoms with Gasteiger partial charge < -0.3 is 24.6 Å². The van der Waals surface area contributed by atoms with Crippen molar-refractivity contribution in [1.82, 2.24) is 10.2 Å². The molecule has 0 radical (unpaired) electrons. The minimum Gasteiger partial charge on any atom is -0.453 e. The summed E-state index contributed by atoms with van der Waals surface area (Å²) in [6, 6.07) is 24.8. The minimum absolute atomic E-state index is 0.0112. The van der Waals surface area contributed by atoms with Crippen LogP contribution in [-0.2, 0) is 37.0 Å². The molecule has 0 bridgehead atoms. The van der Waals surface area contributed by atoms with Crippen molar-refractivity contribution in [3.05, 3.63) is 108 Å². The van der Waals surface area contributed by atoms with Crippen molar-refractivity contribution in [2.45, 2.75) is 89.7 Å². The van der Waals surface area contributed by atoms with Crippen LogP contribution in [0.1, 0.15) is 80.6 Å². The number of rotatable bonds is 13. The molecule has 1 aliphatic carbocycles. The molecule has 244 valence electrons. The molecular formula is C38H46N2O6. The second-order valence-electron chi connectivity index (χ2n) is 12.3. The fourth-order valence-electron chi connectivity index (χ4n) is 6.43. The van der Waals surface area contributed by atoms with Gasteiger partial charge in [-0.2, -0.15) is 0 Å². The second kappa shape index (κ2) is 16.1. The lowest BCUT2D eigenvalue weighted by Crippen LogP contribution is -2.43. The number of aliphatic hydroxyl groups is 1. The number of hydrogen-bond donors (Lipinski definition) is 2. The van der Waals surface area contributed by atoms with Gasteiger partial charge in [0.05, 0.1) is 18.8 Å². The molecule has 4 atom stereocenters. The number of esters is 1. The summed E-state index contributed by atoms with van der Waals surface area (Å²) in [5, 5.41) is 12.4. The fourth-order valence-corrected chi connectivity index (χ4v) is 6.43. The van der Waals surface area contributed by atoms with E-state index in [-0.39, 0.29) is 24.7 Å². The number of aliphatic hydroxyl groups excluding tert-OH is 1. The third kappa shape index (κ3) is 8.91. The van der Waals surface area contributed by atoms with Crippen LogP contribution in [0, 0.1) is 0 Å². The van der Waals surface area contributed by atoms with E-state index >= 15 is 0 Å². The first-order valence-electron chi connectivity index (χ1n) is 16.3. The molecule has 1 heterocycles. The van der Waals surface area contributed by atoms with Crippen LogP contribution in [0.25, 0.3) is 11.1 Å². The van der Waals surface area contributed by atoms with Gasteiger partial charge in [0.15, 0.2) is 12.4 Å². The van der Waals surface area contributed by atoms with Crippen LogP contribution in [-0.4, -0.2) is 53.2 Å². The molecule has 3 aromatic carbocycles. The Labute approximate surface area is 272 Å². The van der Waals surface area contributed by atoms with E-state index in [2.05, 4.69) is 41.1 Å². The Bertz CT molecular complexity index is 1450. The Morgan fingerprint density at radius 3 is 2.39 bits per heavy atom. The number of amides is 1. The Hall–Kier alpha value is -3.82. The second-order valence-corrected chi connectivity index (χ2v) is 12.3. The Balaban J connectivity index is 1.30. The van der Waals surface area contributed by atoms with Gasteiger partial charge >= 0.3 is 5.97 Å². The average molecular weight is 627 g/mol. The first kappa shape index (κ1) is 33.5. The zero-order valence-corrected chi connectivity index (χ0v) is 26.9. The molecule has 2 N–H and O–H groups in total. The highest BCUT2D eigenvalue weighted by molar-refractivity contribution is 5.82. The van der Waals surface area contributed by atoms with Gasteiger partial charge in [-0.3, -0.25) is 14.5 Å². The lowest BCUT2D eigenvalue weighted by Gasteiger charge is -2.39. The molecule has 3 aromatic rings. The smallest absolute Gasteiger partial charge is 0.303 e. The SMILES string of the molecule is C=CCN(C[C@H]1C[C@@H](c2ccc(CO)cc2)O[C@@H](c2ccc(-c3cccc(CNC(=O)[C@H](C)OC(C)=O)c3)cc2)O1)C1CCCC1. The molecule has 0 aromatic heterocycles. The van der Waals surface area contributed by atoms with Crippen molar-refractivity contribution in [3.63, 3.8) is 0 Å². The summed E-state index contributed by atoms with van der Waals surface area (Å²) >= 11 is 0. The van der Waals surface area contributed by atoms with Crippen LogP contribution in [0.2, 0.25) is 0 Å². The predicted molar refractivity (Wildman–Crippen MR) is 177 cm³/mol. The highest BCUT2D eigenvalue weighted by Gasteiger charge is 2.34. The van der Waals surface area contributed by atoms with Crippen LogP contribution in [0.3, 0.4) is 0 Å². The third-order valence-corrected chi connectivity index (χ3v) is 8.88. The standard InChI is InChI=1S/C38H46N2O6/c1-4-20-40(34-10-5-6-11-34)24-35-22-36(31-14-12-28(25-41)13-15-31)46-38(45-35)32-18-16-30(17-19-32)33-9-7-8-29(21-33)23-39-37(43)26(2)44-27(3)42/h4,7-9,12-19,21,26,34-36,38,41H,1,5-6,10-11,20,22-25H2,2-3H3,(H,39,43)/t26-,35+,36-,38-/m0/s1. The largest absolute Gasteiger partial charge is 0.453 e. The highest BCUT2D eigenvalue weighted by atomic mass is 16.7. The molecule has 0 spiro atoms. The molecule has 1 saturated heterocycles. The van der Waals surface area contributed by atoms with Gasteiger partial charge in [0.2, 0.25) is 0 Å². The van der Waals surface area contributed by atoms with Gasteiger partial charge in [-0.25, -0.2) is 0 Å². The van der Waals surface area contributed by atoms with Gasteiger partial charge in [0, 0.05) is 44.6 Å². The predicted octanol–water partition coefficient (Wildman–Crippen LogP) is 6.39. The van der Waals surface area contributed by atoms with Crippen molar-refractivity contribution in [2.24, 2.45) is 0 Å². The number of nitrogens with zero attached hydrogens (tertiary/aromatic N) is 1. The number of benzene rings is 3. The van der Waals surface area contributed by atoms with Crippen molar-refractivity contribution in [2.75, 3.05) is 13.1 Å². The van der Waals surface area contributed by atoms with Crippen molar-refractivity contribution in [3.8, 4) is 11.1 Å². The van der Waals surface area contributed by atoms with Gasteiger partial charge in [-0.05, 0) is 53.6 Å². The molecular weight excluding hydrogens is 580 g/mol. The van der Waals surface area contributed by atoms with Crippen molar-refractivity contribution >= 4 is 11.9 Å². The average Bonchev–Trinajstić information content (AvgIpc) is 3.62. The minimum atomic E-state index is -0.843. The van der Waals surface area contributed by atoms with Crippen molar-refractivity contribution in [1.29, 1.82) is 0 Å². The molecule has 2 aliphatic rings. The quantitative estimate of drug-likeness (QED) is 0.168. The number of ether oxygens (including phenoxy) is 3. The van der Waals surface area contributed by atoms with Crippen LogP contribution >= 0.6 is 0 Å². The maximum absolute atomic E-state index is 12.3. The lowest BCUT2D eigenvalue weighted by molar-refractivity contribution is -0.253. The van der Waals surface area contributed by atoms with Crippen molar-refractivity contribution < 1.29 is 28.9 Å². The topological polar surface area (TPSA) is 97.3 Å². The normalized spacial score (nSPS) is 20.7. The molecule has 5 rings (SSSR count). The van der Waals surface area contributed by atoms with E-state index in [9.17, 15) is 14.7 Å². The molecule has 1 aliphatic heterocycles. The monoisotopic (exact) mass is 626 g/mol. The molecule has 8 nitrogen and oxygen atoms in total. The summed E-state index contributed by atoms with van der Waals surface area (Å²) in [4.78, 5) is 26.0. The third-order valence-electron chi connectivity index (χ3n) is 8.88. The van der Waals surface area contributed by atoms with E-state index in [1.165, 1.54) is 32.6 Å². The van der Waals surface area contributed by atoms with E-state index in [1.807, 2.05) is 54.6 Å². The lowest BCUT2D eigenvalue weighted by atomic mass is 9.98. The Kier molecular flexibility index (Phi) is 11.8. The van der Waals surface area contributed by atoms with E-state index in [0.29, 0.717) is 12.6 Å². The van der Waals surface area contributed by atoms with E-state index in [4.69, 9.17) is 14.2 Å². The van der Waals surface area contributed by atoms with Crippen LogP contribution in [0.15, 0.2) is 85.5 Å². The fraction of sp³-hybridized carbons (Fsp3) is 0.421.